The van der Waals surface area contributed by atoms with Crippen LogP contribution in [-0.4, -0.2) is 62.6 Å². The van der Waals surface area contributed by atoms with E-state index in [1.165, 1.54) is 10.8 Å². The van der Waals surface area contributed by atoms with Crippen molar-refractivity contribution in [1.29, 1.82) is 0 Å². The molecule has 32 heavy (non-hydrogen) atoms. The van der Waals surface area contributed by atoms with E-state index in [1.807, 2.05) is 35.7 Å². The molecule has 1 aliphatic heterocycles. The molecule has 0 aliphatic carbocycles. The molecule has 2 atom stereocenters. The van der Waals surface area contributed by atoms with Gasteiger partial charge in [-0.3, -0.25) is 14.1 Å². The third kappa shape index (κ3) is 3.89. The largest absolute Gasteiger partial charge is 0.348 e. The predicted molar refractivity (Wildman–Crippen MR) is 125 cm³/mol. The normalized spacial score (nSPS) is 18.2. The maximum Gasteiger partial charge on any atom is 0.234 e. The minimum atomic E-state index is -0.0537. The zero-order valence-electron chi connectivity index (χ0n) is 18.3. The van der Waals surface area contributed by atoms with Crippen LogP contribution in [-0.2, 0) is 4.79 Å². The fourth-order valence-electron chi connectivity index (χ4n) is 4.64. The van der Waals surface area contributed by atoms with Gasteiger partial charge in [-0.25, -0.2) is 4.98 Å². The standard InChI is InChI=1S/C24H27N7O/c1-17-14-29(12-13-31(17)23-24-28-26-16-30(24)11-10-25-23)15-22(32)27-18(2)20-9-5-7-19-6-3-4-8-21(19)20/h3-11,16-18H,12-15H2,1-2H3,(H,27,32)/t17-,18+/m1/s1. The molecule has 0 saturated carbocycles. The molecule has 8 nitrogen and oxygen atoms in total. The Morgan fingerprint density at radius 1 is 1.19 bits per heavy atom. The Balaban J connectivity index is 1.22. The van der Waals surface area contributed by atoms with Crippen molar-refractivity contribution in [3.05, 3.63) is 66.7 Å². The number of rotatable bonds is 5. The molecule has 5 rings (SSSR count). The molecule has 2 aromatic heterocycles. The molecule has 1 fully saturated rings. The van der Waals surface area contributed by atoms with Crippen LogP contribution in [0.15, 0.2) is 61.2 Å². The summed E-state index contributed by atoms with van der Waals surface area (Å²) in [6.45, 7) is 6.95. The van der Waals surface area contributed by atoms with Gasteiger partial charge in [-0.05, 0) is 30.2 Å². The Bertz CT molecular complexity index is 1250. The van der Waals surface area contributed by atoms with Gasteiger partial charge in [-0.1, -0.05) is 42.5 Å². The first-order valence-electron chi connectivity index (χ1n) is 11.0. The first kappa shape index (κ1) is 20.4. The molecule has 8 heteroatoms. The molecule has 0 unspecified atom stereocenters. The van der Waals surface area contributed by atoms with Crippen LogP contribution in [0.5, 0.6) is 0 Å². The molecule has 1 N–H and O–H groups in total. The molecule has 2 aromatic carbocycles. The molecule has 1 amide bonds. The predicted octanol–water partition coefficient (Wildman–Crippen LogP) is 2.67. The highest BCUT2D eigenvalue weighted by molar-refractivity contribution is 5.87. The van der Waals surface area contributed by atoms with Crippen molar-refractivity contribution in [1.82, 2.24) is 29.8 Å². The molecule has 0 bridgehead atoms. The summed E-state index contributed by atoms with van der Waals surface area (Å²) in [6, 6.07) is 14.7. The molecule has 164 valence electrons. The van der Waals surface area contributed by atoms with E-state index < -0.39 is 0 Å². The Labute approximate surface area is 186 Å². The Morgan fingerprint density at radius 2 is 2.03 bits per heavy atom. The van der Waals surface area contributed by atoms with E-state index in [-0.39, 0.29) is 18.0 Å². The fourth-order valence-corrected chi connectivity index (χ4v) is 4.64. The monoisotopic (exact) mass is 429 g/mol. The lowest BCUT2D eigenvalue weighted by atomic mass is 10.00. The van der Waals surface area contributed by atoms with Gasteiger partial charge < -0.3 is 10.2 Å². The number of nitrogens with zero attached hydrogens (tertiary/aromatic N) is 6. The van der Waals surface area contributed by atoms with Gasteiger partial charge in [0.2, 0.25) is 11.6 Å². The van der Waals surface area contributed by atoms with Crippen LogP contribution >= 0.6 is 0 Å². The van der Waals surface area contributed by atoms with Crippen LogP contribution < -0.4 is 10.2 Å². The first-order valence-corrected chi connectivity index (χ1v) is 11.0. The summed E-state index contributed by atoms with van der Waals surface area (Å²) in [5.74, 6) is 0.884. The van der Waals surface area contributed by atoms with Crippen LogP contribution in [0.3, 0.4) is 0 Å². The number of carbonyl (C=O) groups is 1. The molecule has 4 aromatic rings. The van der Waals surface area contributed by atoms with E-state index in [9.17, 15) is 4.79 Å². The number of hydrogen-bond acceptors (Lipinski definition) is 6. The summed E-state index contributed by atoms with van der Waals surface area (Å²) in [7, 11) is 0. The van der Waals surface area contributed by atoms with Crippen LogP contribution in [0.1, 0.15) is 25.5 Å². The minimum absolute atomic E-state index is 0.0452. The van der Waals surface area contributed by atoms with Gasteiger partial charge in [-0.15, -0.1) is 10.2 Å². The Kier molecular flexibility index (Phi) is 5.45. The maximum atomic E-state index is 12.8. The highest BCUT2D eigenvalue weighted by Crippen LogP contribution is 2.24. The minimum Gasteiger partial charge on any atom is -0.348 e. The van der Waals surface area contributed by atoms with Crippen molar-refractivity contribution in [3.63, 3.8) is 0 Å². The Hall–Kier alpha value is -3.52. The van der Waals surface area contributed by atoms with E-state index in [1.54, 1.807) is 12.5 Å². The van der Waals surface area contributed by atoms with E-state index in [0.717, 1.165) is 36.7 Å². The van der Waals surface area contributed by atoms with Gasteiger partial charge in [0.1, 0.15) is 6.33 Å². The summed E-state index contributed by atoms with van der Waals surface area (Å²) in [5, 5.41) is 13.8. The third-order valence-corrected chi connectivity index (χ3v) is 6.22. The number of piperazine rings is 1. The van der Waals surface area contributed by atoms with Gasteiger partial charge in [0.15, 0.2) is 5.82 Å². The van der Waals surface area contributed by atoms with Crippen molar-refractivity contribution in [2.24, 2.45) is 0 Å². The molecule has 0 spiro atoms. The molecule has 1 aliphatic rings. The van der Waals surface area contributed by atoms with Crippen LogP contribution in [0, 0.1) is 0 Å². The van der Waals surface area contributed by atoms with Gasteiger partial charge in [0.05, 0.1) is 12.6 Å². The highest BCUT2D eigenvalue weighted by atomic mass is 16.2. The van der Waals surface area contributed by atoms with Crippen molar-refractivity contribution < 1.29 is 4.79 Å². The third-order valence-electron chi connectivity index (χ3n) is 6.22. The lowest BCUT2D eigenvalue weighted by molar-refractivity contribution is -0.123. The number of carbonyl (C=O) groups excluding carboxylic acids is 1. The summed E-state index contributed by atoms with van der Waals surface area (Å²) < 4.78 is 1.88. The van der Waals surface area contributed by atoms with E-state index in [0.29, 0.717) is 6.54 Å². The number of amides is 1. The highest BCUT2D eigenvalue weighted by Gasteiger charge is 2.28. The molecule has 3 heterocycles. The second-order valence-corrected chi connectivity index (χ2v) is 8.45. The van der Waals surface area contributed by atoms with Gasteiger partial charge in [-0.2, -0.15) is 0 Å². The van der Waals surface area contributed by atoms with Crippen molar-refractivity contribution in [2.45, 2.75) is 25.9 Å². The second-order valence-electron chi connectivity index (χ2n) is 8.45. The summed E-state index contributed by atoms with van der Waals surface area (Å²) in [6.07, 6.45) is 5.30. The van der Waals surface area contributed by atoms with Gasteiger partial charge >= 0.3 is 0 Å². The number of anilines is 1. The molecule has 0 radical (unpaired) electrons. The number of fused-ring (bicyclic) bond motifs is 2. The number of benzene rings is 2. The lowest BCUT2D eigenvalue weighted by Crippen LogP contribution is -2.54. The van der Waals surface area contributed by atoms with Crippen molar-refractivity contribution >= 4 is 28.1 Å². The van der Waals surface area contributed by atoms with Crippen LogP contribution in [0.25, 0.3) is 16.4 Å². The summed E-state index contributed by atoms with van der Waals surface area (Å²) >= 11 is 0. The van der Waals surface area contributed by atoms with E-state index in [4.69, 9.17) is 0 Å². The number of hydrogen-bond donors (Lipinski definition) is 1. The average Bonchev–Trinajstić information content (AvgIpc) is 3.28. The van der Waals surface area contributed by atoms with Crippen LogP contribution in [0.4, 0.5) is 5.82 Å². The Morgan fingerprint density at radius 3 is 2.91 bits per heavy atom. The van der Waals surface area contributed by atoms with Crippen molar-refractivity contribution in [3.8, 4) is 0 Å². The average molecular weight is 430 g/mol. The van der Waals surface area contributed by atoms with E-state index in [2.05, 4.69) is 61.5 Å². The number of aromatic nitrogens is 4. The summed E-state index contributed by atoms with van der Waals surface area (Å²) in [4.78, 5) is 21.8. The lowest BCUT2D eigenvalue weighted by Gasteiger charge is -2.40. The maximum absolute atomic E-state index is 12.8. The quantitative estimate of drug-likeness (QED) is 0.526. The topological polar surface area (TPSA) is 78.7 Å². The second kappa shape index (κ2) is 8.55. The first-order chi connectivity index (χ1) is 15.6. The van der Waals surface area contributed by atoms with E-state index >= 15 is 0 Å². The summed E-state index contributed by atoms with van der Waals surface area (Å²) in [5.41, 5.74) is 1.90. The molecular weight excluding hydrogens is 402 g/mol. The zero-order chi connectivity index (χ0) is 22.1. The zero-order valence-corrected chi connectivity index (χ0v) is 18.3. The van der Waals surface area contributed by atoms with Gasteiger partial charge in [0.25, 0.3) is 0 Å². The molecular formula is C24H27N7O. The van der Waals surface area contributed by atoms with Gasteiger partial charge in [0, 0.05) is 38.1 Å². The number of nitrogens with one attached hydrogen (secondary N) is 1. The SMILES string of the molecule is C[C@H](NC(=O)CN1CCN(c2nccn3cnnc23)[C@H](C)C1)c1cccc2ccccc12. The fraction of sp³-hybridized carbons (Fsp3) is 0.333. The molecule has 1 saturated heterocycles. The smallest absolute Gasteiger partial charge is 0.234 e. The van der Waals surface area contributed by atoms with Crippen LogP contribution in [0.2, 0.25) is 0 Å². The van der Waals surface area contributed by atoms with Crippen molar-refractivity contribution in [2.75, 3.05) is 31.1 Å².